The number of carbonyl (C=O) groups excluding carboxylic acids is 2. The summed E-state index contributed by atoms with van der Waals surface area (Å²) in [6.07, 6.45) is -4.67. The van der Waals surface area contributed by atoms with Crippen molar-refractivity contribution in [1.82, 2.24) is 0 Å². The zero-order valence-corrected chi connectivity index (χ0v) is 10.0. The first-order valence-electron chi connectivity index (χ1n) is 5.66. The van der Waals surface area contributed by atoms with Crippen LogP contribution in [0.15, 0.2) is 0 Å². The van der Waals surface area contributed by atoms with Gasteiger partial charge in [-0.1, -0.05) is 20.8 Å². The Hall–Kier alpha value is -0.870. The van der Waals surface area contributed by atoms with E-state index < -0.39 is 28.7 Å². The normalized spacial score (nSPS) is 39.8. The van der Waals surface area contributed by atoms with E-state index in [0.29, 0.717) is 6.42 Å². The highest BCUT2D eigenvalue weighted by atomic mass is 19.4. The second kappa shape index (κ2) is 3.12. The van der Waals surface area contributed by atoms with Crippen LogP contribution in [-0.2, 0) is 9.59 Å². The zero-order valence-electron chi connectivity index (χ0n) is 10.0. The molecule has 0 aliphatic heterocycles. The van der Waals surface area contributed by atoms with Gasteiger partial charge < -0.3 is 0 Å². The van der Waals surface area contributed by atoms with Crippen LogP contribution in [0, 0.1) is 22.7 Å². The number of hydrogen-bond donors (Lipinski definition) is 0. The Balaban J connectivity index is 2.31. The SMILES string of the molecule is CC1(C)[C@@H]2C[C@@]1(C)C(=O)CC2C(=O)C(F)(F)F. The molecule has 3 atom stereocenters. The number of Topliss-reactive ketones (excluding diaryl/α,β-unsaturated/α-hetero) is 2. The van der Waals surface area contributed by atoms with Crippen LogP contribution >= 0.6 is 0 Å². The van der Waals surface area contributed by atoms with Gasteiger partial charge in [-0.05, 0) is 17.8 Å². The first kappa shape index (κ1) is 12.6. The standard InChI is InChI=1S/C12H15F3O2/c1-10(2)7-5-11(10,3)8(16)4-6(7)9(17)12(13,14)15/h6-7H,4-5H2,1-3H3/t6?,7-,11+/m1/s1. The molecule has 96 valence electrons. The Morgan fingerprint density at radius 1 is 1.29 bits per heavy atom. The third-order valence-electron chi connectivity index (χ3n) is 5.10. The molecule has 3 aliphatic rings. The third-order valence-corrected chi connectivity index (χ3v) is 5.10. The number of halogens is 3. The summed E-state index contributed by atoms with van der Waals surface area (Å²) in [4.78, 5) is 23.2. The van der Waals surface area contributed by atoms with E-state index in [1.54, 1.807) is 20.8 Å². The number of rotatable bonds is 1. The van der Waals surface area contributed by atoms with Crippen molar-refractivity contribution in [3.63, 3.8) is 0 Å². The van der Waals surface area contributed by atoms with Gasteiger partial charge in [0.05, 0.1) is 0 Å². The van der Waals surface area contributed by atoms with Crippen LogP contribution in [0.1, 0.15) is 33.6 Å². The lowest BCUT2D eigenvalue weighted by Gasteiger charge is -2.65. The molecule has 0 amide bonds. The predicted molar refractivity (Wildman–Crippen MR) is 54.2 cm³/mol. The molecule has 0 radical (unpaired) electrons. The van der Waals surface area contributed by atoms with Crippen molar-refractivity contribution in [1.29, 1.82) is 0 Å². The van der Waals surface area contributed by atoms with Gasteiger partial charge in [0.25, 0.3) is 0 Å². The maximum atomic E-state index is 12.4. The quantitative estimate of drug-likeness (QED) is 0.715. The molecule has 3 rings (SSSR count). The van der Waals surface area contributed by atoms with E-state index in [1.165, 1.54) is 0 Å². The average Bonchev–Trinajstić information content (AvgIpc) is 2.18. The third kappa shape index (κ3) is 1.40. The summed E-state index contributed by atoms with van der Waals surface area (Å²) in [5.41, 5.74) is -1.05. The molecule has 0 aromatic carbocycles. The molecule has 3 fully saturated rings. The van der Waals surface area contributed by atoms with Crippen molar-refractivity contribution in [2.24, 2.45) is 22.7 Å². The molecule has 0 saturated heterocycles. The average molecular weight is 248 g/mol. The van der Waals surface area contributed by atoms with Crippen molar-refractivity contribution >= 4 is 11.6 Å². The van der Waals surface area contributed by atoms with Gasteiger partial charge in [0.2, 0.25) is 5.78 Å². The first-order valence-corrected chi connectivity index (χ1v) is 5.66. The van der Waals surface area contributed by atoms with Gasteiger partial charge in [-0.2, -0.15) is 13.2 Å². The van der Waals surface area contributed by atoms with Crippen LogP contribution in [0.4, 0.5) is 13.2 Å². The minimum atomic E-state index is -4.83. The van der Waals surface area contributed by atoms with E-state index in [4.69, 9.17) is 0 Å². The van der Waals surface area contributed by atoms with E-state index >= 15 is 0 Å². The summed E-state index contributed by atoms with van der Waals surface area (Å²) >= 11 is 0. The molecule has 2 bridgehead atoms. The lowest BCUT2D eigenvalue weighted by atomic mass is 9.37. The van der Waals surface area contributed by atoms with Crippen molar-refractivity contribution in [2.45, 2.75) is 39.8 Å². The van der Waals surface area contributed by atoms with Crippen LogP contribution < -0.4 is 0 Å². The van der Waals surface area contributed by atoms with Crippen molar-refractivity contribution in [3.8, 4) is 0 Å². The highest BCUT2D eigenvalue weighted by Crippen LogP contribution is 2.68. The summed E-state index contributed by atoms with van der Waals surface area (Å²) in [5.74, 6) is -3.42. The van der Waals surface area contributed by atoms with E-state index in [-0.39, 0.29) is 18.1 Å². The molecule has 5 heteroatoms. The number of fused-ring (bicyclic) bond motifs is 2. The van der Waals surface area contributed by atoms with E-state index in [1.807, 2.05) is 0 Å². The van der Waals surface area contributed by atoms with Crippen LogP contribution in [-0.4, -0.2) is 17.7 Å². The van der Waals surface area contributed by atoms with Crippen molar-refractivity contribution < 1.29 is 22.8 Å². The Labute approximate surface area is 97.6 Å². The molecule has 17 heavy (non-hydrogen) atoms. The number of carbonyl (C=O) groups is 2. The Morgan fingerprint density at radius 3 is 2.18 bits per heavy atom. The van der Waals surface area contributed by atoms with Crippen LogP contribution in [0.2, 0.25) is 0 Å². The molecule has 0 N–H and O–H groups in total. The molecule has 0 aromatic rings. The molecule has 3 aliphatic carbocycles. The van der Waals surface area contributed by atoms with Crippen LogP contribution in [0.5, 0.6) is 0 Å². The van der Waals surface area contributed by atoms with Gasteiger partial charge in [0.1, 0.15) is 5.78 Å². The summed E-state index contributed by atoms with van der Waals surface area (Å²) in [6, 6.07) is 0. The Bertz CT molecular complexity index is 397. The minimum Gasteiger partial charge on any atom is -0.299 e. The highest BCUT2D eigenvalue weighted by molar-refractivity contribution is 5.97. The van der Waals surface area contributed by atoms with Gasteiger partial charge in [0, 0.05) is 17.8 Å². The first-order chi connectivity index (χ1) is 7.52. The van der Waals surface area contributed by atoms with Gasteiger partial charge in [-0.25, -0.2) is 0 Å². The van der Waals surface area contributed by atoms with Gasteiger partial charge in [-0.3, -0.25) is 9.59 Å². The lowest BCUT2D eigenvalue weighted by molar-refractivity contribution is -0.207. The second-order valence-corrected chi connectivity index (χ2v) is 5.96. The van der Waals surface area contributed by atoms with Crippen molar-refractivity contribution in [3.05, 3.63) is 0 Å². The lowest BCUT2D eigenvalue weighted by Crippen LogP contribution is -2.66. The monoisotopic (exact) mass is 248 g/mol. The molecule has 0 aromatic heterocycles. The second-order valence-electron chi connectivity index (χ2n) is 5.96. The maximum absolute atomic E-state index is 12.4. The number of alkyl halides is 3. The van der Waals surface area contributed by atoms with Gasteiger partial charge >= 0.3 is 6.18 Å². The largest absolute Gasteiger partial charge is 0.450 e. The minimum absolute atomic E-state index is 0.201. The molecule has 3 saturated carbocycles. The molecule has 1 unspecified atom stereocenters. The number of hydrogen-bond acceptors (Lipinski definition) is 2. The van der Waals surface area contributed by atoms with Crippen molar-refractivity contribution in [2.75, 3.05) is 0 Å². The summed E-state index contributed by atoms with van der Waals surface area (Å²) < 4.78 is 37.3. The van der Waals surface area contributed by atoms with E-state index in [2.05, 4.69) is 0 Å². The Kier molecular flexibility index (Phi) is 2.31. The zero-order chi connectivity index (χ0) is 13.2. The predicted octanol–water partition coefficient (Wildman–Crippen LogP) is 2.76. The van der Waals surface area contributed by atoms with Gasteiger partial charge in [-0.15, -0.1) is 0 Å². The highest BCUT2D eigenvalue weighted by Gasteiger charge is 2.69. The fourth-order valence-electron chi connectivity index (χ4n) is 3.41. The molecular formula is C12H15F3O2. The van der Waals surface area contributed by atoms with E-state index in [9.17, 15) is 22.8 Å². The van der Waals surface area contributed by atoms with Crippen LogP contribution in [0.3, 0.4) is 0 Å². The summed E-state index contributed by atoms with van der Waals surface area (Å²) in [6.45, 7) is 5.36. The van der Waals surface area contributed by atoms with E-state index in [0.717, 1.165) is 0 Å². The fourth-order valence-corrected chi connectivity index (χ4v) is 3.41. The summed E-state index contributed by atoms with van der Waals surface area (Å²) in [7, 11) is 0. The smallest absolute Gasteiger partial charge is 0.299 e. The van der Waals surface area contributed by atoms with Gasteiger partial charge in [0.15, 0.2) is 0 Å². The molecular weight excluding hydrogens is 233 g/mol. The van der Waals surface area contributed by atoms with Crippen LogP contribution in [0.25, 0.3) is 0 Å². The molecule has 0 heterocycles. The topological polar surface area (TPSA) is 34.1 Å². The number of ketones is 2. The summed E-state index contributed by atoms with van der Waals surface area (Å²) in [5, 5.41) is 0. The molecule has 2 nitrogen and oxygen atoms in total. The fraction of sp³-hybridized carbons (Fsp3) is 0.833. The molecule has 0 spiro atoms. The Morgan fingerprint density at radius 2 is 1.82 bits per heavy atom. The maximum Gasteiger partial charge on any atom is 0.450 e.